The first-order chi connectivity index (χ1) is 10.2. The van der Waals surface area contributed by atoms with E-state index in [0.29, 0.717) is 17.3 Å². The van der Waals surface area contributed by atoms with Crippen molar-refractivity contribution >= 4 is 21.9 Å². The molecule has 0 aliphatic carbocycles. The van der Waals surface area contributed by atoms with Crippen LogP contribution >= 0.6 is 15.9 Å². The predicted octanol–water partition coefficient (Wildman–Crippen LogP) is 3.39. The number of hydrogen-bond acceptors (Lipinski definition) is 3. The molecule has 2 atom stereocenters. The third-order valence-electron chi connectivity index (χ3n) is 3.96. The number of benzene rings is 2. The van der Waals surface area contributed by atoms with Crippen LogP contribution in [0.4, 0.5) is 0 Å². The monoisotopic (exact) mass is 346 g/mol. The first-order valence-corrected chi connectivity index (χ1v) is 7.91. The van der Waals surface area contributed by atoms with E-state index in [2.05, 4.69) is 15.9 Å². The molecule has 0 aromatic heterocycles. The van der Waals surface area contributed by atoms with Gasteiger partial charge in [0.1, 0.15) is 17.3 Å². The van der Waals surface area contributed by atoms with Gasteiger partial charge in [0.2, 0.25) is 0 Å². The van der Waals surface area contributed by atoms with E-state index in [4.69, 9.17) is 4.74 Å². The van der Waals surface area contributed by atoms with Gasteiger partial charge in [-0.15, -0.1) is 0 Å². The molecule has 4 heteroatoms. The Kier molecular flexibility index (Phi) is 3.72. The van der Waals surface area contributed by atoms with Crippen LogP contribution in [0.5, 0.6) is 5.75 Å². The molecule has 2 aromatic carbocycles. The Morgan fingerprint density at radius 3 is 2.43 bits per heavy atom. The molecule has 0 radical (unpaired) electrons. The summed E-state index contributed by atoms with van der Waals surface area (Å²) in [4.78, 5) is 12.7. The first-order valence-electron chi connectivity index (χ1n) is 6.79. The number of carbonyl (C=O) groups is 1. The lowest BCUT2D eigenvalue weighted by atomic mass is 9.72. The Morgan fingerprint density at radius 1 is 1.14 bits per heavy atom. The zero-order chi connectivity index (χ0) is 14.9. The van der Waals surface area contributed by atoms with Gasteiger partial charge >= 0.3 is 5.97 Å². The number of halogens is 1. The first kappa shape index (κ1) is 14.1. The number of hydrogen-bond donors (Lipinski definition) is 1. The highest BCUT2D eigenvalue weighted by molar-refractivity contribution is 9.09. The van der Waals surface area contributed by atoms with Crippen LogP contribution < -0.4 is 0 Å². The van der Waals surface area contributed by atoms with Gasteiger partial charge in [-0.3, -0.25) is 4.79 Å². The molecule has 0 saturated carbocycles. The second kappa shape index (κ2) is 5.53. The number of cyclic esters (lactones) is 1. The summed E-state index contributed by atoms with van der Waals surface area (Å²) in [5, 5.41) is 10.8. The molecule has 21 heavy (non-hydrogen) atoms. The van der Waals surface area contributed by atoms with Crippen LogP contribution in [0.3, 0.4) is 0 Å². The lowest BCUT2D eigenvalue weighted by Crippen LogP contribution is -2.33. The van der Waals surface area contributed by atoms with Crippen LogP contribution in [0.2, 0.25) is 0 Å². The maximum absolute atomic E-state index is 12.7. The molecule has 0 amide bonds. The third-order valence-corrected chi connectivity index (χ3v) is 4.68. The van der Waals surface area contributed by atoms with Gasteiger partial charge in [-0.1, -0.05) is 64.5 Å². The van der Waals surface area contributed by atoms with Gasteiger partial charge in [0.15, 0.2) is 0 Å². The lowest BCUT2D eigenvalue weighted by Gasteiger charge is -2.26. The molecular weight excluding hydrogens is 332 g/mol. The van der Waals surface area contributed by atoms with E-state index >= 15 is 0 Å². The number of para-hydroxylation sites is 1. The van der Waals surface area contributed by atoms with E-state index in [1.165, 1.54) is 0 Å². The van der Waals surface area contributed by atoms with Crippen molar-refractivity contribution in [3.8, 4) is 5.75 Å². The molecule has 108 valence electrons. The van der Waals surface area contributed by atoms with Crippen LogP contribution in [-0.2, 0) is 14.9 Å². The fourth-order valence-corrected chi connectivity index (χ4v) is 3.33. The average Bonchev–Trinajstić information content (AvgIpc) is 2.86. The fraction of sp³-hybridized carbons (Fsp3) is 0.235. The molecule has 3 nitrogen and oxygen atoms in total. The summed E-state index contributed by atoms with van der Waals surface area (Å²) in [6.07, 6.45) is 0.316. The van der Waals surface area contributed by atoms with Gasteiger partial charge < -0.3 is 9.84 Å². The number of alkyl halides is 1. The molecule has 1 N–H and O–H groups in total. The largest absolute Gasteiger partial charge is 0.508 e. The van der Waals surface area contributed by atoms with Gasteiger partial charge in [0.05, 0.1) is 0 Å². The summed E-state index contributed by atoms with van der Waals surface area (Å²) in [6, 6.07) is 16.5. The second-order valence-corrected chi connectivity index (χ2v) is 5.82. The smallest absolute Gasteiger partial charge is 0.321 e. The fourth-order valence-electron chi connectivity index (χ4n) is 2.97. The van der Waals surface area contributed by atoms with Crippen molar-refractivity contribution < 1.29 is 14.6 Å². The van der Waals surface area contributed by atoms with Crippen molar-refractivity contribution in [1.82, 2.24) is 0 Å². The molecule has 2 aromatic rings. The van der Waals surface area contributed by atoms with Gasteiger partial charge in [0, 0.05) is 17.3 Å². The van der Waals surface area contributed by atoms with Crippen molar-refractivity contribution in [2.45, 2.75) is 17.9 Å². The maximum Gasteiger partial charge on any atom is 0.321 e. The summed E-state index contributed by atoms with van der Waals surface area (Å²) in [6.45, 7) is 0. The molecular formula is C17H15BrO3. The topological polar surface area (TPSA) is 46.5 Å². The molecule has 3 rings (SSSR count). The molecule has 0 spiro atoms. The summed E-state index contributed by atoms with van der Waals surface area (Å²) in [7, 11) is 0. The summed E-state index contributed by atoms with van der Waals surface area (Å²) in [5.41, 5.74) is 0.509. The quantitative estimate of drug-likeness (QED) is 0.684. The highest BCUT2D eigenvalue weighted by Gasteiger charge is 2.52. The number of esters is 1. The van der Waals surface area contributed by atoms with E-state index in [9.17, 15) is 9.90 Å². The molecule has 1 aliphatic rings. The number of phenolic OH excluding ortho intramolecular Hbond substituents is 1. The van der Waals surface area contributed by atoms with Crippen molar-refractivity contribution in [2.24, 2.45) is 0 Å². The third kappa shape index (κ3) is 2.23. The Hall–Kier alpha value is -1.81. The van der Waals surface area contributed by atoms with Gasteiger partial charge in [-0.25, -0.2) is 0 Å². The molecule has 1 fully saturated rings. The van der Waals surface area contributed by atoms with Crippen LogP contribution in [0.25, 0.3) is 0 Å². The van der Waals surface area contributed by atoms with E-state index < -0.39 is 5.41 Å². The van der Waals surface area contributed by atoms with Crippen molar-refractivity contribution in [3.05, 3.63) is 65.7 Å². The number of phenols is 1. The van der Waals surface area contributed by atoms with Crippen molar-refractivity contribution in [3.63, 3.8) is 0 Å². The van der Waals surface area contributed by atoms with Gasteiger partial charge in [0.25, 0.3) is 0 Å². The zero-order valence-corrected chi connectivity index (χ0v) is 12.9. The minimum absolute atomic E-state index is 0.119. The van der Waals surface area contributed by atoms with Crippen molar-refractivity contribution in [2.75, 3.05) is 5.33 Å². The van der Waals surface area contributed by atoms with Crippen LogP contribution in [0.1, 0.15) is 17.5 Å². The minimum Gasteiger partial charge on any atom is -0.508 e. The molecule has 0 bridgehead atoms. The molecule has 2 unspecified atom stereocenters. The molecule has 1 heterocycles. The minimum atomic E-state index is -0.939. The Labute approximate surface area is 131 Å². The van der Waals surface area contributed by atoms with Gasteiger partial charge in [-0.2, -0.15) is 0 Å². The summed E-state index contributed by atoms with van der Waals surface area (Å²) < 4.78 is 5.49. The SMILES string of the molecule is O=C1OC(CBr)CC1(c1ccccc1)c1ccccc1O. The normalized spacial score (nSPS) is 24.8. The average molecular weight is 347 g/mol. The number of ether oxygens (including phenoxy) is 1. The predicted molar refractivity (Wildman–Crippen MR) is 83.6 cm³/mol. The van der Waals surface area contributed by atoms with E-state index in [1.54, 1.807) is 18.2 Å². The van der Waals surface area contributed by atoms with E-state index in [1.807, 2.05) is 36.4 Å². The molecule has 1 aliphatic heterocycles. The highest BCUT2D eigenvalue weighted by atomic mass is 79.9. The second-order valence-electron chi connectivity index (χ2n) is 5.17. The van der Waals surface area contributed by atoms with Gasteiger partial charge in [-0.05, 0) is 11.6 Å². The number of rotatable bonds is 3. The Balaban J connectivity index is 2.22. The Bertz CT molecular complexity index is 656. The van der Waals surface area contributed by atoms with E-state index in [0.717, 1.165) is 5.56 Å². The maximum atomic E-state index is 12.7. The summed E-state index contributed by atoms with van der Waals surface area (Å²) in [5.74, 6) is -0.187. The zero-order valence-electron chi connectivity index (χ0n) is 11.3. The molecule has 1 saturated heterocycles. The van der Waals surface area contributed by atoms with E-state index in [-0.39, 0.29) is 17.8 Å². The standard InChI is InChI=1S/C17H15BrO3/c18-11-13-10-17(16(20)21-13,12-6-2-1-3-7-12)14-8-4-5-9-15(14)19/h1-9,13,19H,10-11H2. The summed E-state index contributed by atoms with van der Waals surface area (Å²) >= 11 is 3.38. The van der Waals surface area contributed by atoms with Crippen LogP contribution in [0, 0.1) is 0 Å². The Morgan fingerprint density at radius 2 is 1.81 bits per heavy atom. The van der Waals surface area contributed by atoms with Crippen LogP contribution in [-0.4, -0.2) is 22.5 Å². The number of aromatic hydroxyl groups is 1. The highest BCUT2D eigenvalue weighted by Crippen LogP contribution is 2.46. The number of carbonyl (C=O) groups excluding carboxylic acids is 1. The van der Waals surface area contributed by atoms with Crippen LogP contribution in [0.15, 0.2) is 54.6 Å². The van der Waals surface area contributed by atoms with Crippen molar-refractivity contribution in [1.29, 1.82) is 0 Å². The lowest BCUT2D eigenvalue weighted by molar-refractivity contribution is -0.144.